The van der Waals surface area contributed by atoms with E-state index >= 15 is 0 Å². The van der Waals surface area contributed by atoms with Gasteiger partial charge in [0.1, 0.15) is 0 Å². The van der Waals surface area contributed by atoms with Gasteiger partial charge < -0.3 is 40.2 Å². The second kappa shape index (κ2) is 16.3. The summed E-state index contributed by atoms with van der Waals surface area (Å²) in [6, 6.07) is 0. The number of rotatable bonds is 16. The molecule has 0 aliphatic carbocycles. The Morgan fingerprint density at radius 3 is 0.702 bits per heavy atom. The average molecular weight is 805 g/mol. The number of esters is 4. The van der Waals surface area contributed by atoms with Crippen LogP contribution >= 0.6 is 0 Å². The zero-order valence-corrected chi connectivity index (χ0v) is 38.6. The average Bonchev–Trinajstić information content (AvgIpc) is 3.54. The highest BCUT2D eigenvalue weighted by Gasteiger charge is 2.49. The van der Waals surface area contributed by atoms with Gasteiger partial charge in [0.15, 0.2) is 0 Å². The molecule has 328 valence electrons. The van der Waals surface area contributed by atoms with Gasteiger partial charge in [-0.15, -0.1) is 0 Å². The Kier molecular flexibility index (Phi) is 13.6. The molecule has 0 amide bonds. The Bertz CT molecular complexity index is 1270. The zero-order valence-electron chi connectivity index (χ0n) is 38.6. The highest BCUT2D eigenvalue weighted by Crippen LogP contribution is 2.42. The SMILES string of the molecule is CC1(C)CC(COC(=O)CC(CC(=O)OCC2CC(C)(C)NC2(C)C)(CC(=O)OCC2CC(C)(C)NC2(C)C)CC(=O)OCC2CC(C)(C)NC2(C)C)C(C)(C)N1. The Morgan fingerprint density at radius 2 is 0.561 bits per heavy atom. The quantitative estimate of drug-likeness (QED) is 0.101. The van der Waals surface area contributed by atoms with Crippen molar-refractivity contribution in [1.82, 2.24) is 21.3 Å². The third-order valence-corrected chi connectivity index (χ3v) is 13.6. The van der Waals surface area contributed by atoms with Crippen molar-refractivity contribution >= 4 is 23.9 Å². The summed E-state index contributed by atoms with van der Waals surface area (Å²) in [7, 11) is 0. The molecule has 12 nitrogen and oxygen atoms in total. The molecule has 0 bridgehead atoms. The molecule has 12 heteroatoms. The molecule has 0 radical (unpaired) electrons. The number of nitrogens with one attached hydrogen (secondary N) is 4. The third-order valence-electron chi connectivity index (χ3n) is 13.6. The van der Waals surface area contributed by atoms with Crippen LogP contribution in [-0.4, -0.2) is 94.6 Å². The molecule has 0 aromatic rings. The summed E-state index contributed by atoms with van der Waals surface area (Å²) in [4.78, 5) is 55.9. The van der Waals surface area contributed by atoms with Gasteiger partial charge in [-0.2, -0.15) is 0 Å². The van der Waals surface area contributed by atoms with Crippen LogP contribution in [0.15, 0.2) is 0 Å². The summed E-state index contributed by atoms with van der Waals surface area (Å²) in [5, 5.41) is 14.5. The second-order valence-corrected chi connectivity index (χ2v) is 23.5. The van der Waals surface area contributed by atoms with Crippen molar-refractivity contribution in [1.29, 1.82) is 0 Å². The highest BCUT2D eigenvalue weighted by atomic mass is 16.5. The summed E-state index contributed by atoms with van der Waals surface area (Å²) >= 11 is 0. The van der Waals surface area contributed by atoms with Crippen molar-refractivity contribution in [2.45, 2.75) is 206 Å². The van der Waals surface area contributed by atoms with Gasteiger partial charge in [-0.05, 0) is 136 Å². The van der Waals surface area contributed by atoms with E-state index in [0.717, 1.165) is 25.7 Å². The van der Waals surface area contributed by atoms with Crippen LogP contribution in [0.3, 0.4) is 0 Å². The lowest BCUT2D eigenvalue weighted by atomic mass is 9.75. The molecule has 57 heavy (non-hydrogen) atoms. The van der Waals surface area contributed by atoms with Crippen LogP contribution in [0.1, 0.15) is 162 Å². The number of carbonyl (C=O) groups excluding carboxylic acids is 4. The Labute approximate surface area is 344 Å². The predicted octanol–water partition coefficient (Wildman–Crippen LogP) is 6.37. The van der Waals surface area contributed by atoms with Gasteiger partial charge in [-0.25, -0.2) is 0 Å². The summed E-state index contributed by atoms with van der Waals surface area (Å²) in [6.07, 6.45) is 1.80. The summed E-state index contributed by atoms with van der Waals surface area (Å²) in [6.45, 7) is 34.4. The lowest BCUT2D eigenvalue weighted by Crippen LogP contribution is -2.46. The number of hydrogen-bond donors (Lipinski definition) is 4. The van der Waals surface area contributed by atoms with Crippen molar-refractivity contribution in [3.8, 4) is 0 Å². The minimum Gasteiger partial charge on any atom is -0.465 e. The molecule has 4 heterocycles. The minimum absolute atomic E-state index is 0.0404. The fourth-order valence-corrected chi connectivity index (χ4v) is 11.2. The molecule has 4 rings (SSSR count). The van der Waals surface area contributed by atoms with Crippen molar-refractivity contribution in [2.24, 2.45) is 29.1 Å². The third kappa shape index (κ3) is 12.9. The zero-order chi connectivity index (χ0) is 43.3. The first-order valence-electron chi connectivity index (χ1n) is 21.5. The molecule has 4 saturated heterocycles. The van der Waals surface area contributed by atoms with Crippen LogP contribution in [0, 0.1) is 29.1 Å². The first-order valence-corrected chi connectivity index (χ1v) is 21.5. The Balaban J connectivity index is 1.59. The molecule has 4 fully saturated rings. The van der Waals surface area contributed by atoms with Gasteiger partial charge in [-0.1, -0.05) is 0 Å². The number of carbonyl (C=O) groups is 4. The van der Waals surface area contributed by atoms with Gasteiger partial charge in [-0.3, -0.25) is 19.2 Å². The van der Waals surface area contributed by atoms with Crippen molar-refractivity contribution in [3.05, 3.63) is 0 Å². The van der Waals surface area contributed by atoms with Crippen molar-refractivity contribution in [2.75, 3.05) is 26.4 Å². The Morgan fingerprint density at radius 1 is 0.386 bits per heavy atom. The summed E-state index contributed by atoms with van der Waals surface area (Å²) in [5.74, 6) is -2.18. The van der Waals surface area contributed by atoms with Gasteiger partial charge in [0, 0.05) is 73.4 Å². The largest absolute Gasteiger partial charge is 0.465 e. The van der Waals surface area contributed by atoms with Crippen LogP contribution in [0.4, 0.5) is 0 Å². The molecule has 0 saturated carbocycles. The van der Waals surface area contributed by atoms with Crippen LogP contribution in [0.25, 0.3) is 0 Å². The van der Waals surface area contributed by atoms with Crippen molar-refractivity contribution in [3.63, 3.8) is 0 Å². The normalized spacial score (nSPS) is 30.6. The van der Waals surface area contributed by atoms with Crippen LogP contribution < -0.4 is 21.3 Å². The van der Waals surface area contributed by atoms with E-state index in [0.29, 0.717) is 0 Å². The monoisotopic (exact) mass is 805 g/mol. The van der Waals surface area contributed by atoms with Crippen LogP contribution in [0.2, 0.25) is 0 Å². The predicted molar refractivity (Wildman–Crippen MR) is 222 cm³/mol. The summed E-state index contributed by atoms with van der Waals surface area (Å²) in [5.41, 5.74) is -3.10. The fraction of sp³-hybridized carbons (Fsp3) is 0.911. The van der Waals surface area contributed by atoms with Crippen LogP contribution in [0.5, 0.6) is 0 Å². The van der Waals surface area contributed by atoms with Crippen molar-refractivity contribution < 1.29 is 38.1 Å². The maximum atomic E-state index is 14.0. The second-order valence-electron chi connectivity index (χ2n) is 23.5. The summed E-state index contributed by atoms with van der Waals surface area (Å²) < 4.78 is 23.9. The number of hydrogen-bond acceptors (Lipinski definition) is 12. The van der Waals surface area contributed by atoms with Gasteiger partial charge >= 0.3 is 23.9 Å². The van der Waals surface area contributed by atoms with Gasteiger partial charge in [0.05, 0.1) is 52.1 Å². The molecule has 4 unspecified atom stereocenters. The molecule has 0 aromatic carbocycles. The van der Waals surface area contributed by atoms with Gasteiger partial charge in [0.2, 0.25) is 0 Å². The van der Waals surface area contributed by atoms with E-state index in [1.54, 1.807) is 0 Å². The minimum atomic E-state index is -1.50. The van der Waals surface area contributed by atoms with Crippen LogP contribution in [-0.2, 0) is 38.1 Å². The molecular formula is C45H80N4O8. The molecule has 4 aliphatic heterocycles. The molecule has 4 atom stereocenters. The van der Waals surface area contributed by atoms with E-state index < -0.39 is 29.3 Å². The van der Waals surface area contributed by atoms with Gasteiger partial charge in [0.25, 0.3) is 0 Å². The standard InChI is InChI=1S/C45H80N4O8/c1-37(2)17-29(41(9,10)46-37)25-54-33(50)21-45(22-34(51)55-26-30-18-38(3,4)47-42(30,11)12,23-35(52)56-27-31-19-39(5,6)48-43(31,13)14)24-36(53)57-28-32-20-40(7,8)49-44(32,15)16/h29-32,46-49H,17-28H2,1-16H3. The van der Waals surface area contributed by atoms with E-state index in [-0.39, 0.29) is 120 Å². The topological polar surface area (TPSA) is 153 Å². The maximum absolute atomic E-state index is 14.0. The maximum Gasteiger partial charge on any atom is 0.306 e. The Hall–Kier alpha value is -2.28. The molecule has 4 N–H and O–H groups in total. The van der Waals surface area contributed by atoms with E-state index in [4.69, 9.17) is 18.9 Å². The molecular weight excluding hydrogens is 725 g/mol. The fourth-order valence-electron chi connectivity index (χ4n) is 11.2. The lowest BCUT2D eigenvalue weighted by Gasteiger charge is -2.33. The molecule has 4 aliphatic rings. The highest BCUT2D eigenvalue weighted by molar-refractivity contribution is 5.81. The smallest absolute Gasteiger partial charge is 0.306 e. The van der Waals surface area contributed by atoms with E-state index in [2.05, 4.69) is 132 Å². The van der Waals surface area contributed by atoms with E-state index in [1.165, 1.54) is 0 Å². The first kappa shape index (κ1) is 47.4. The molecule has 0 spiro atoms. The van der Waals surface area contributed by atoms with E-state index in [1.807, 2.05) is 0 Å². The number of ether oxygens (including phenoxy) is 4. The lowest BCUT2D eigenvalue weighted by molar-refractivity contribution is -0.160. The first-order chi connectivity index (χ1) is 25.7. The molecule has 0 aromatic heterocycles. The van der Waals surface area contributed by atoms with E-state index in [9.17, 15) is 19.2 Å².